The van der Waals surface area contributed by atoms with Crippen LogP contribution in [0.1, 0.15) is 41.8 Å². The molecule has 4 rings (SSSR count). The molecule has 0 radical (unpaired) electrons. The highest BCUT2D eigenvalue weighted by Gasteiger charge is 2.48. The number of nitrogens with zero attached hydrogens (tertiary/aromatic N) is 2. The number of nitrogens with one attached hydrogen (secondary N) is 1. The van der Waals surface area contributed by atoms with Gasteiger partial charge in [-0.25, -0.2) is 9.59 Å². The fraction of sp³-hybridized carbons (Fsp3) is 0.280. The highest BCUT2D eigenvalue weighted by Crippen LogP contribution is 2.42. The van der Waals surface area contributed by atoms with Crippen molar-refractivity contribution in [1.82, 2.24) is 14.9 Å². The van der Waals surface area contributed by atoms with Crippen LogP contribution in [0.2, 0.25) is 5.15 Å². The number of carboxylic acid groups (broad SMARTS) is 1. The summed E-state index contributed by atoms with van der Waals surface area (Å²) >= 11 is 6.34. The summed E-state index contributed by atoms with van der Waals surface area (Å²) in [4.78, 5) is 41.7. The van der Waals surface area contributed by atoms with Gasteiger partial charge >= 0.3 is 23.8 Å². The summed E-state index contributed by atoms with van der Waals surface area (Å²) < 4.78 is 50.4. The molecule has 0 bridgehead atoms. The molecule has 0 unspecified atom stereocenters. The fourth-order valence-corrected chi connectivity index (χ4v) is 4.61. The maximum absolute atomic E-state index is 13.2. The standard InChI is InChI=1S/C25H21ClF3N3O6/c1-24(31-23(36)38-12-14-6-3-2-4-7-14)11-17(22(34)35)32-18(24)19(26)30-20(21(32)33)37-13-15-8-5-9-16(10-15)25(27,28)29/h2-10,17H,11-13H2,1H3,(H,31,36)(H,34,35)/t17-,24+/m0/s1. The lowest BCUT2D eigenvalue weighted by Crippen LogP contribution is -2.43. The normalized spacial score (nSPS) is 18.5. The number of aromatic nitrogens is 2. The number of benzene rings is 2. The molecule has 0 saturated heterocycles. The third-order valence-electron chi connectivity index (χ3n) is 5.98. The van der Waals surface area contributed by atoms with Gasteiger partial charge in [-0.1, -0.05) is 54.1 Å². The van der Waals surface area contributed by atoms with Crippen molar-refractivity contribution in [1.29, 1.82) is 0 Å². The second-order valence-electron chi connectivity index (χ2n) is 8.80. The number of carbonyl (C=O) groups excluding carboxylic acids is 1. The second kappa shape index (κ2) is 10.4. The first-order valence-corrected chi connectivity index (χ1v) is 11.6. The quantitative estimate of drug-likeness (QED) is 0.438. The molecule has 2 aromatic carbocycles. The van der Waals surface area contributed by atoms with E-state index in [2.05, 4.69) is 10.3 Å². The van der Waals surface area contributed by atoms with E-state index in [0.29, 0.717) is 0 Å². The number of halogens is 4. The Morgan fingerprint density at radius 3 is 2.50 bits per heavy atom. The van der Waals surface area contributed by atoms with Gasteiger partial charge in [0.2, 0.25) is 0 Å². The van der Waals surface area contributed by atoms with Gasteiger partial charge in [0.15, 0.2) is 5.15 Å². The number of alkyl halides is 3. The fourth-order valence-electron chi connectivity index (χ4n) is 4.24. The molecule has 3 aromatic rings. The summed E-state index contributed by atoms with van der Waals surface area (Å²) in [5.74, 6) is -1.97. The summed E-state index contributed by atoms with van der Waals surface area (Å²) in [6.45, 7) is 0.967. The van der Waals surface area contributed by atoms with E-state index in [9.17, 15) is 32.7 Å². The molecule has 2 atom stereocenters. The first-order valence-electron chi connectivity index (χ1n) is 11.2. The van der Waals surface area contributed by atoms with Gasteiger partial charge in [-0.15, -0.1) is 0 Å². The molecule has 9 nitrogen and oxygen atoms in total. The third-order valence-corrected chi connectivity index (χ3v) is 6.24. The Morgan fingerprint density at radius 1 is 1.16 bits per heavy atom. The third kappa shape index (κ3) is 5.59. The van der Waals surface area contributed by atoms with Gasteiger partial charge in [0, 0.05) is 6.42 Å². The van der Waals surface area contributed by atoms with Crippen LogP contribution in [0.4, 0.5) is 18.0 Å². The Morgan fingerprint density at radius 2 is 1.84 bits per heavy atom. The van der Waals surface area contributed by atoms with E-state index in [0.717, 1.165) is 22.3 Å². The largest absolute Gasteiger partial charge is 0.480 e. The Kier molecular flexibility index (Phi) is 7.36. The van der Waals surface area contributed by atoms with Crippen molar-refractivity contribution >= 4 is 23.7 Å². The van der Waals surface area contributed by atoms with E-state index in [1.165, 1.54) is 19.1 Å². The van der Waals surface area contributed by atoms with Gasteiger partial charge in [-0.3, -0.25) is 9.36 Å². The van der Waals surface area contributed by atoms with Gasteiger partial charge in [0.1, 0.15) is 19.3 Å². The average molecular weight is 552 g/mol. The van der Waals surface area contributed by atoms with Gasteiger partial charge in [-0.2, -0.15) is 18.2 Å². The summed E-state index contributed by atoms with van der Waals surface area (Å²) in [6.07, 6.45) is -5.70. The molecule has 1 amide bonds. The molecule has 2 N–H and O–H groups in total. The Bertz CT molecular complexity index is 1430. The molecule has 13 heteroatoms. The van der Waals surface area contributed by atoms with Crippen molar-refractivity contribution in [2.75, 3.05) is 0 Å². The zero-order valence-electron chi connectivity index (χ0n) is 19.8. The smallest absolute Gasteiger partial charge is 0.416 e. The topological polar surface area (TPSA) is 120 Å². The van der Waals surface area contributed by atoms with Crippen LogP contribution in [0.5, 0.6) is 5.88 Å². The van der Waals surface area contributed by atoms with Crippen molar-refractivity contribution in [3.63, 3.8) is 0 Å². The molecule has 0 fully saturated rings. The minimum atomic E-state index is -4.57. The lowest BCUT2D eigenvalue weighted by atomic mass is 9.95. The van der Waals surface area contributed by atoms with Crippen LogP contribution in [0.3, 0.4) is 0 Å². The average Bonchev–Trinajstić information content (AvgIpc) is 3.18. The second-order valence-corrected chi connectivity index (χ2v) is 9.15. The summed E-state index contributed by atoms with van der Waals surface area (Å²) in [7, 11) is 0. The minimum absolute atomic E-state index is 0.0494. The van der Waals surface area contributed by atoms with Crippen molar-refractivity contribution in [2.24, 2.45) is 0 Å². The molecule has 38 heavy (non-hydrogen) atoms. The first kappa shape index (κ1) is 27.0. The van der Waals surface area contributed by atoms with E-state index >= 15 is 0 Å². The van der Waals surface area contributed by atoms with Crippen LogP contribution in [0, 0.1) is 0 Å². The number of hydrogen-bond donors (Lipinski definition) is 2. The SMILES string of the molecule is C[C@@]1(NC(=O)OCc2ccccc2)C[C@@H](C(=O)O)n2c1c(Cl)nc(OCc1cccc(C(F)(F)F)c1)c2=O. The van der Waals surface area contributed by atoms with Crippen LogP contribution in [-0.4, -0.2) is 26.7 Å². The van der Waals surface area contributed by atoms with Crippen LogP contribution in [-0.2, 0) is 34.5 Å². The molecular weight excluding hydrogens is 531 g/mol. The molecule has 200 valence electrons. The van der Waals surface area contributed by atoms with E-state index in [1.807, 2.05) is 0 Å². The first-order chi connectivity index (χ1) is 17.9. The van der Waals surface area contributed by atoms with E-state index in [4.69, 9.17) is 21.1 Å². The van der Waals surface area contributed by atoms with Gasteiger partial charge in [0.05, 0.1) is 16.8 Å². The van der Waals surface area contributed by atoms with Crippen LogP contribution in [0.25, 0.3) is 0 Å². The number of alkyl carbamates (subject to hydrolysis) is 1. The number of aliphatic carboxylic acids is 1. The molecule has 1 aromatic heterocycles. The Balaban J connectivity index is 1.59. The highest BCUT2D eigenvalue weighted by atomic mass is 35.5. The zero-order valence-corrected chi connectivity index (χ0v) is 20.5. The maximum Gasteiger partial charge on any atom is 0.416 e. The van der Waals surface area contributed by atoms with E-state index in [1.54, 1.807) is 30.3 Å². The lowest BCUT2D eigenvalue weighted by Gasteiger charge is -2.26. The number of amides is 1. The van der Waals surface area contributed by atoms with E-state index in [-0.39, 0.29) is 29.4 Å². The molecule has 1 aliphatic heterocycles. The molecular formula is C25H21ClF3N3O6. The summed E-state index contributed by atoms with van der Waals surface area (Å²) in [5, 5.41) is 12.0. The predicted octanol–water partition coefficient (Wildman–Crippen LogP) is 4.67. The van der Waals surface area contributed by atoms with Gasteiger partial charge < -0.3 is 19.9 Å². The summed E-state index contributed by atoms with van der Waals surface area (Å²) in [6, 6.07) is 11.7. The highest BCUT2D eigenvalue weighted by molar-refractivity contribution is 6.30. The van der Waals surface area contributed by atoms with Crippen molar-refractivity contribution in [3.05, 3.63) is 92.5 Å². The Hall–Kier alpha value is -4.06. The number of carboxylic acids is 1. The van der Waals surface area contributed by atoms with Crippen molar-refractivity contribution in [2.45, 2.75) is 44.3 Å². The molecule has 2 heterocycles. The maximum atomic E-state index is 13.2. The number of carbonyl (C=O) groups is 2. The van der Waals surface area contributed by atoms with Crippen molar-refractivity contribution in [3.8, 4) is 5.88 Å². The van der Waals surface area contributed by atoms with E-state index < -0.39 is 53.4 Å². The predicted molar refractivity (Wildman–Crippen MR) is 128 cm³/mol. The van der Waals surface area contributed by atoms with Crippen LogP contribution in [0.15, 0.2) is 59.4 Å². The minimum Gasteiger partial charge on any atom is -0.480 e. The molecule has 0 saturated carbocycles. The lowest BCUT2D eigenvalue weighted by molar-refractivity contribution is -0.141. The molecule has 1 aliphatic rings. The van der Waals surface area contributed by atoms with Gasteiger partial charge in [-0.05, 0) is 30.2 Å². The number of ether oxygens (including phenoxy) is 2. The van der Waals surface area contributed by atoms with Crippen LogP contribution >= 0.6 is 11.6 Å². The Labute approximate surface area is 218 Å². The number of rotatable bonds is 7. The number of hydrogen-bond acceptors (Lipinski definition) is 6. The van der Waals surface area contributed by atoms with Crippen molar-refractivity contribution < 1.29 is 37.3 Å². The molecule has 0 aliphatic carbocycles. The summed E-state index contributed by atoms with van der Waals surface area (Å²) in [5.41, 5.74) is -2.56. The molecule has 0 spiro atoms. The zero-order chi connectivity index (χ0) is 27.7. The monoisotopic (exact) mass is 551 g/mol. The number of fused-ring (bicyclic) bond motifs is 1. The van der Waals surface area contributed by atoms with Crippen LogP contribution < -0.4 is 15.6 Å². The van der Waals surface area contributed by atoms with Gasteiger partial charge in [0.25, 0.3) is 5.88 Å².